The van der Waals surface area contributed by atoms with E-state index >= 15 is 0 Å². The number of alkyl halides is 1. The van der Waals surface area contributed by atoms with Gasteiger partial charge in [-0.1, -0.05) is 0 Å². The molecule has 212 valence electrons. The number of amidine groups is 1. The number of rotatable bonds is 10. The van der Waals surface area contributed by atoms with Crippen molar-refractivity contribution in [1.29, 1.82) is 5.41 Å². The van der Waals surface area contributed by atoms with Gasteiger partial charge < -0.3 is 26.0 Å². The van der Waals surface area contributed by atoms with E-state index < -0.39 is 12.7 Å². The average Bonchev–Trinajstić information content (AvgIpc) is 3.62. The van der Waals surface area contributed by atoms with E-state index in [9.17, 15) is 23.2 Å². The highest BCUT2D eigenvalue weighted by atomic mass is 32.1. The molecule has 0 bridgehead atoms. The Bertz CT molecular complexity index is 1300. The van der Waals surface area contributed by atoms with Gasteiger partial charge in [-0.05, 0) is 74.1 Å². The normalized spacial score (nSPS) is 16.0. The summed E-state index contributed by atoms with van der Waals surface area (Å²) in [5.41, 5.74) is 6.00. The number of nitrogen functional groups attached to an aromatic ring is 1. The van der Waals surface area contributed by atoms with Gasteiger partial charge in [-0.25, -0.2) is 4.39 Å². The second-order valence-corrected chi connectivity index (χ2v) is 10.2. The van der Waals surface area contributed by atoms with Crippen molar-refractivity contribution in [2.75, 3.05) is 26.8 Å². The minimum Gasteiger partial charge on any atom is -0.457 e. The highest BCUT2D eigenvalue weighted by Crippen LogP contribution is 2.25. The molecule has 9 nitrogen and oxygen atoms in total. The predicted octanol–water partition coefficient (Wildman–Crippen LogP) is 3.48. The number of benzene rings is 2. The van der Waals surface area contributed by atoms with Crippen LogP contribution in [-0.2, 0) is 16.1 Å². The van der Waals surface area contributed by atoms with Crippen molar-refractivity contribution < 1.29 is 27.9 Å². The van der Waals surface area contributed by atoms with Gasteiger partial charge in [0.05, 0.1) is 24.6 Å². The van der Waals surface area contributed by atoms with Crippen LogP contribution in [0.3, 0.4) is 0 Å². The molecule has 2 atom stereocenters. The number of thiophene rings is 1. The van der Waals surface area contributed by atoms with Gasteiger partial charge >= 0.3 is 0 Å². The standard InChI is InChI=1S/C15H22FN5O2S.C13H9FO2/c1-19-7-13(22)21-8-9(5-16)4-11(21)15(23)20-6-10-2-3-12(24-10)14(17)18;14-11-3-7-13(8-4-11)16-12-5-1-10(9-15)2-6-12/h2-3,9,11,19H,4-8H2,1H3,(H3,17,18)(H,20,23);1-9H. The third-order valence-electron chi connectivity index (χ3n) is 5.99. The van der Waals surface area contributed by atoms with Crippen LogP contribution in [0.15, 0.2) is 60.7 Å². The second-order valence-electron chi connectivity index (χ2n) is 8.99. The summed E-state index contributed by atoms with van der Waals surface area (Å²) in [6.07, 6.45) is 1.10. The van der Waals surface area contributed by atoms with Crippen LogP contribution >= 0.6 is 11.3 Å². The lowest BCUT2D eigenvalue weighted by molar-refractivity contribution is -0.137. The van der Waals surface area contributed by atoms with Crippen molar-refractivity contribution in [2.24, 2.45) is 11.7 Å². The molecule has 4 rings (SSSR count). The smallest absolute Gasteiger partial charge is 0.243 e. The number of likely N-dealkylation sites (N-methyl/N-ethyl adjacent to an activating group) is 1. The number of halogens is 2. The van der Waals surface area contributed by atoms with Gasteiger partial charge in [-0.15, -0.1) is 11.3 Å². The Morgan fingerprint density at radius 2 is 1.77 bits per heavy atom. The fourth-order valence-corrected chi connectivity index (χ4v) is 4.78. The summed E-state index contributed by atoms with van der Waals surface area (Å²) in [5.74, 6) is 0.0634. The van der Waals surface area contributed by atoms with Gasteiger partial charge in [-0.2, -0.15) is 0 Å². The number of likely N-dealkylation sites (tertiary alicyclic amines) is 1. The molecular formula is C28H31F2N5O4S. The highest BCUT2D eigenvalue weighted by Gasteiger charge is 2.39. The Hall–Kier alpha value is -4.16. The summed E-state index contributed by atoms with van der Waals surface area (Å²) in [4.78, 5) is 37.9. The van der Waals surface area contributed by atoms with E-state index in [-0.39, 0.29) is 42.5 Å². The van der Waals surface area contributed by atoms with Crippen LogP contribution in [0.5, 0.6) is 11.5 Å². The maximum absolute atomic E-state index is 13.0. The molecule has 1 aliphatic heterocycles. The van der Waals surface area contributed by atoms with Crippen molar-refractivity contribution in [3.05, 3.63) is 81.8 Å². The molecule has 2 aromatic carbocycles. The SMILES string of the molecule is CNCC(=O)N1CC(CF)CC1C(=O)NCc1ccc(C(=N)N)s1.O=Cc1ccc(Oc2ccc(F)cc2)cc1. The fraction of sp³-hybridized carbons (Fsp3) is 0.286. The minimum absolute atomic E-state index is 0.0111. The van der Waals surface area contributed by atoms with Crippen LogP contribution in [-0.4, -0.2) is 61.7 Å². The third kappa shape index (κ3) is 8.68. The molecule has 1 saturated heterocycles. The van der Waals surface area contributed by atoms with Crippen molar-refractivity contribution >= 4 is 35.3 Å². The molecular weight excluding hydrogens is 540 g/mol. The quantitative estimate of drug-likeness (QED) is 0.167. The zero-order chi connectivity index (χ0) is 29.1. The van der Waals surface area contributed by atoms with E-state index in [1.54, 1.807) is 55.6 Å². The van der Waals surface area contributed by atoms with Crippen molar-refractivity contribution in [3.8, 4) is 11.5 Å². The number of carbonyl (C=O) groups excluding carboxylic acids is 3. The maximum atomic E-state index is 13.0. The van der Waals surface area contributed by atoms with E-state index in [1.165, 1.54) is 28.4 Å². The molecule has 1 fully saturated rings. The fourth-order valence-electron chi connectivity index (χ4n) is 3.97. The molecule has 0 aliphatic carbocycles. The van der Waals surface area contributed by atoms with Crippen molar-refractivity contribution in [2.45, 2.75) is 19.0 Å². The number of hydrogen-bond donors (Lipinski definition) is 4. The number of ether oxygens (including phenoxy) is 1. The van der Waals surface area contributed by atoms with Crippen LogP contribution in [0, 0.1) is 17.1 Å². The molecule has 2 amide bonds. The first-order valence-electron chi connectivity index (χ1n) is 12.4. The number of amides is 2. The van der Waals surface area contributed by atoms with E-state index in [1.807, 2.05) is 0 Å². The summed E-state index contributed by atoms with van der Waals surface area (Å²) >= 11 is 1.33. The molecule has 2 unspecified atom stereocenters. The number of carbonyl (C=O) groups is 3. The van der Waals surface area contributed by atoms with Crippen LogP contribution in [0.2, 0.25) is 0 Å². The molecule has 1 aliphatic rings. The summed E-state index contributed by atoms with van der Waals surface area (Å²) in [7, 11) is 1.65. The monoisotopic (exact) mass is 571 g/mol. The van der Waals surface area contributed by atoms with Crippen LogP contribution < -0.4 is 21.1 Å². The lowest BCUT2D eigenvalue weighted by Crippen LogP contribution is -2.47. The second kappa shape index (κ2) is 14.8. The lowest BCUT2D eigenvalue weighted by atomic mass is 10.1. The first-order valence-corrected chi connectivity index (χ1v) is 13.2. The predicted molar refractivity (Wildman–Crippen MR) is 149 cm³/mol. The average molecular weight is 572 g/mol. The van der Waals surface area contributed by atoms with Gasteiger partial charge in [0.15, 0.2) is 0 Å². The van der Waals surface area contributed by atoms with Crippen LogP contribution in [0.4, 0.5) is 8.78 Å². The lowest BCUT2D eigenvalue weighted by Gasteiger charge is -2.23. The molecule has 5 N–H and O–H groups in total. The Balaban J connectivity index is 0.000000238. The van der Waals surface area contributed by atoms with Crippen molar-refractivity contribution in [3.63, 3.8) is 0 Å². The summed E-state index contributed by atoms with van der Waals surface area (Å²) in [6.45, 7) is 0.139. The van der Waals surface area contributed by atoms with Crippen molar-refractivity contribution in [1.82, 2.24) is 15.5 Å². The van der Waals surface area contributed by atoms with E-state index in [2.05, 4.69) is 10.6 Å². The van der Waals surface area contributed by atoms with E-state index in [0.717, 1.165) is 11.2 Å². The molecule has 0 saturated carbocycles. The van der Waals surface area contributed by atoms with Gasteiger partial charge in [0.25, 0.3) is 0 Å². The number of nitrogens with two attached hydrogens (primary N) is 1. The molecule has 0 spiro atoms. The molecule has 12 heteroatoms. The highest BCUT2D eigenvalue weighted by molar-refractivity contribution is 7.14. The summed E-state index contributed by atoms with van der Waals surface area (Å²) in [5, 5.41) is 12.9. The number of hydrogen-bond acceptors (Lipinski definition) is 7. The molecule has 1 aromatic heterocycles. The Kier molecular flexibility index (Phi) is 11.3. The Morgan fingerprint density at radius 3 is 2.33 bits per heavy atom. The van der Waals surface area contributed by atoms with Gasteiger partial charge in [0.1, 0.15) is 35.5 Å². The first kappa shape index (κ1) is 30.4. The van der Waals surface area contributed by atoms with Gasteiger partial charge in [-0.3, -0.25) is 24.2 Å². The van der Waals surface area contributed by atoms with Crippen LogP contribution in [0.1, 0.15) is 26.5 Å². The minimum atomic E-state index is -0.640. The maximum Gasteiger partial charge on any atom is 0.243 e. The zero-order valence-corrected chi connectivity index (χ0v) is 22.7. The topological polar surface area (TPSA) is 138 Å². The molecule has 0 radical (unpaired) electrons. The largest absolute Gasteiger partial charge is 0.457 e. The van der Waals surface area contributed by atoms with Crippen LogP contribution in [0.25, 0.3) is 0 Å². The molecule has 40 heavy (non-hydrogen) atoms. The van der Waals surface area contributed by atoms with Gasteiger partial charge in [0.2, 0.25) is 11.8 Å². The van der Waals surface area contributed by atoms with Gasteiger partial charge in [0, 0.05) is 22.9 Å². The Morgan fingerprint density at radius 1 is 1.12 bits per heavy atom. The summed E-state index contributed by atoms with van der Waals surface area (Å²) < 4.78 is 31.1. The number of aldehydes is 1. The number of nitrogens with one attached hydrogen (secondary N) is 3. The van der Waals surface area contributed by atoms with E-state index in [0.29, 0.717) is 34.9 Å². The zero-order valence-electron chi connectivity index (χ0n) is 21.9. The Labute approximate surface area is 234 Å². The molecule has 3 aromatic rings. The third-order valence-corrected chi connectivity index (χ3v) is 7.10. The number of nitrogens with zero attached hydrogens (tertiary/aromatic N) is 1. The molecule has 2 heterocycles. The summed E-state index contributed by atoms with van der Waals surface area (Å²) in [6, 6.07) is 15.3. The first-order chi connectivity index (χ1) is 19.2. The van der Waals surface area contributed by atoms with E-state index in [4.69, 9.17) is 15.9 Å².